The lowest BCUT2D eigenvalue weighted by atomic mass is 9.99. The molecule has 0 radical (unpaired) electrons. The van der Waals surface area contributed by atoms with Crippen LogP contribution in [0.4, 0.5) is 0 Å². The smallest absolute Gasteiger partial charge is 0.462 e. The van der Waals surface area contributed by atoms with E-state index in [1.54, 1.807) is 0 Å². The van der Waals surface area contributed by atoms with Gasteiger partial charge in [-0.25, -0.2) is 9.13 Å². The molecule has 0 aliphatic rings. The van der Waals surface area contributed by atoms with Crippen LogP contribution in [0.5, 0.6) is 0 Å². The zero-order valence-corrected chi connectivity index (χ0v) is 63.8. The number of aliphatic hydroxyl groups excluding tert-OH is 1. The number of hydrogen-bond acceptors (Lipinski definition) is 15. The fraction of sp³-hybridized carbons (Fsp3) is 0.947. The SMILES string of the molecule is CCCCCCCCCCCCCCCC(=O)O[C@H](COC(=O)CCCCCCCCCC)COP(=O)(O)OC[C@H](O)COP(=O)(O)OC[C@@H](COC(=O)CCCCCCCCCCCCCCCC(C)C)OC(=O)CCCCCCCCCCCCCCCCC(C)CC. The fourth-order valence-electron chi connectivity index (χ4n) is 11.6. The molecule has 0 aliphatic heterocycles. The number of ether oxygens (including phenoxy) is 4. The van der Waals surface area contributed by atoms with Gasteiger partial charge in [-0.15, -0.1) is 0 Å². The van der Waals surface area contributed by atoms with E-state index in [4.69, 9.17) is 37.0 Å². The number of unbranched alkanes of at least 4 members (excludes halogenated alkanes) is 44. The van der Waals surface area contributed by atoms with E-state index in [1.165, 1.54) is 205 Å². The van der Waals surface area contributed by atoms with Crippen molar-refractivity contribution < 1.29 is 80.2 Å². The lowest BCUT2D eigenvalue weighted by Crippen LogP contribution is -2.30. The first kappa shape index (κ1) is 93.1. The first-order chi connectivity index (χ1) is 45.9. The van der Waals surface area contributed by atoms with Crippen LogP contribution < -0.4 is 0 Å². The van der Waals surface area contributed by atoms with E-state index in [0.29, 0.717) is 25.7 Å². The Hall–Kier alpha value is -1.94. The maximum absolute atomic E-state index is 13.1. The van der Waals surface area contributed by atoms with Crippen molar-refractivity contribution in [1.29, 1.82) is 0 Å². The molecule has 19 heteroatoms. The second kappa shape index (κ2) is 67.9. The van der Waals surface area contributed by atoms with Crippen molar-refractivity contribution in [2.75, 3.05) is 39.6 Å². The summed E-state index contributed by atoms with van der Waals surface area (Å²) in [4.78, 5) is 72.7. The van der Waals surface area contributed by atoms with Gasteiger partial charge in [0.05, 0.1) is 26.4 Å². The molecule has 0 amide bonds. The van der Waals surface area contributed by atoms with Crippen LogP contribution in [0.25, 0.3) is 0 Å². The summed E-state index contributed by atoms with van der Waals surface area (Å²) in [6, 6.07) is 0. The maximum atomic E-state index is 13.1. The van der Waals surface area contributed by atoms with E-state index in [0.717, 1.165) is 108 Å². The lowest BCUT2D eigenvalue weighted by molar-refractivity contribution is -0.161. The minimum Gasteiger partial charge on any atom is -0.462 e. The molecule has 0 saturated heterocycles. The fourth-order valence-corrected chi connectivity index (χ4v) is 13.2. The van der Waals surface area contributed by atoms with Gasteiger partial charge in [-0.1, -0.05) is 343 Å². The lowest BCUT2D eigenvalue weighted by Gasteiger charge is -2.21. The summed E-state index contributed by atoms with van der Waals surface area (Å²) >= 11 is 0. The van der Waals surface area contributed by atoms with Gasteiger partial charge in [0.2, 0.25) is 0 Å². The van der Waals surface area contributed by atoms with Gasteiger partial charge in [0.1, 0.15) is 19.3 Å². The molecule has 0 rings (SSSR count). The van der Waals surface area contributed by atoms with Gasteiger partial charge in [-0.2, -0.15) is 0 Å². The first-order valence-corrected chi connectivity index (χ1v) is 42.5. The van der Waals surface area contributed by atoms with Crippen LogP contribution >= 0.6 is 15.6 Å². The average Bonchev–Trinajstić information content (AvgIpc) is 1.76. The molecular formula is C76H148O17P2. The van der Waals surface area contributed by atoms with Crippen molar-refractivity contribution in [3.05, 3.63) is 0 Å². The molecule has 95 heavy (non-hydrogen) atoms. The summed E-state index contributed by atoms with van der Waals surface area (Å²) in [5.41, 5.74) is 0. The van der Waals surface area contributed by atoms with E-state index in [1.807, 2.05) is 0 Å². The van der Waals surface area contributed by atoms with E-state index < -0.39 is 97.5 Å². The van der Waals surface area contributed by atoms with Crippen LogP contribution in [0.1, 0.15) is 395 Å². The average molecular weight is 1400 g/mol. The number of rotatable bonds is 75. The Kier molecular flexibility index (Phi) is 66.5. The van der Waals surface area contributed by atoms with Crippen LogP contribution in [-0.2, 0) is 65.4 Å². The highest BCUT2D eigenvalue weighted by Crippen LogP contribution is 2.45. The van der Waals surface area contributed by atoms with Crippen molar-refractivity contribution in [2.24, 2.45) is 11.8 Å². The second-order valence-electron chi connectivity index (χ2n) is 28.1. The molecule has 6 atom stereocenters. The molecule has 0 aromatic rings. The molecule has 0 fully saturated rings. The predicted octanol–water partition coefficient (Wildman–Crippen LogP) is 22.3. The van der Waals surface area contributed by atoms with E-state index in [-0.39, 0.29) is 25.7 Å². The van der Waals surface area contributed by atoms with Crippen molar-refractivity contribution in [3.63, 3.8) is 0 Å². The van der Waals surface area contributed by atoms with Crippen LogP contribution in [0.15, 0.2) is 0 Å². The summed E-state index contributed by atoms with van der Waals surface area (Å²) in [5, 5.41) is 10.6. The quantitative estimate of drug-likeness (QED) is 0.0222. The second-order valence-corrected chi connectivity index (χ2v) is 31.0. The highest BCUT2D eigenvalue weighted by atomic mass is 31.2. The predicted molar refractivity (Wildman–Crippen MR) is 386 cm³/mol. The third kappa shape index (κ3) is 69.0. The highest BCUT2D eigenvalue weighted by Gasteiger charge is 2.30. The van der Waals surface area contributed by atoms with Gasteiger partial charge in [0.15, 0.2) is 12.2 Å². The standard InChI is InChI=1S/C76H148O17P2/c1-7-10-12-14-16-18-19-23-31-36-42-48-54-60-75(80)92-71(64-86-73(78)58-52-46-40-17-15-13-11-8-2)66-90-94(82,83)88-62-70(77)63-89-95(84,85)91-67-72(65-87-74(79)59-53-47-41-35-30-27-22-24-28-33-38-44-50-56-68(4)5)93-76(81)61-55-49-43-37-32-26-21-20-25-29-34-39-45-51-57-69(6)9-3/h68-72,77H,7-67H2,1-6H3,(H,82,83)(H,84,85)/t69?,70-,71+,72+/m0/s1. The summed E-state index contributed by atoms with van der Waals surface area (Å²) in [5.74, 6) is -0.479. The Morgan fingerprint density at radius 3 is 0.800 bits per heavy atom. The number of phosphoric ester groups is 2. The number of aliphatic hydroxyl groups is 1. The van der Waals surface area contributed by atoms with Crippen LogP contribution in [-0.4, -0.2) is 96.7 Å². The molecule has 0 bridgehead atoms. The third-order valence-corrected chi connectivity index (χ3v) is 20.0. The normalized spacial score (nSPS) is 14.3. The van der Waals surface area contributed by atoms with Gasteiger partial charge >= 0.3 is 39.5 Å². The van der Waals surface area contributed by atoms with Crippen LogP contribution in [0.3, 0.4) is 0 Å². The zero-order valence-electron chi connectivity index (χ0n) is 62.0. The third-order valence-electron chi connectivity index (χ3n) is 18.1. The van der Waals surface area contributed by atoms with Crippen molar-refractivity contribution in [2.45, 2.75) is 413 Å². The summed E-state index contributed by atoms with van der Waals surface area (Å²) in [6.07, 6.45) is 55.4. The highest BCUT2D eigenvalue weighted by molar-refractivity contribution is 7.47. The van der Waals surface area contributed by atoms with Gasteiger partial charge in [0, 0.05) is 25.7 Å². The minimum absolute atomic E-state index is 0.108. The van der Waals surface area contributed by atoms with Crippen molar-refractivity contribution in [3.8, 4) is 0 Å². The van der Waals surface area contributed by atoms with E-state index in [9.17, 15) is 43.2 Å². The topological polar surface area (TPSA) is 237 Å². The Balaban J connectivity index is 5.22. The molecule has 564 valence electrons. The molecule has 0 aliphatic carbocycles. The summed E-state index contributed by atoms with van der Waals surface area (Å²) in [6.45, 7) is 9.65. The maximum Gasteiger partial charge on any atom is 0.472 e. The van der Waals surface area contributed by atoms with Gasteiger partial charge in [0.25, 0.3) is 0 Å². The molecule has 0 spiro atoms. The van der Waals surface area contributed by atoms with Crippen molar-refractivity contribution >= 4 is 39.5 Å². The van der Waals surface area contributed by atoms with E-state index >= 15 is 0 Å². The largest absolute Gasteiger partial charge is 0.472 e. The molecule has 0 heterocycles. The zero-order chi connectivity index (χ0) is 70.0. The number of carbonyl (C=O) groups is 4. The monoisotopic (exact) mass is 1400 g/mol. The number of hydrogen-bond donors (Lipinski definition) is 3. The molecule has 0 saturated carbocycles. The number of phosphoric acid groups is 2. The van der Waals surface area contributed by atoms with Gasteiger partial charge in [-0.05, 0) is 37.5 Å². The van der Waals surface area contributed by atoms with Crippen molar-refractivity contribution in [1.82, 2.24) is 0 Å². The minimum atomic E-state index is -4.96. The Morgan fingerprint density at radius 2 is 0.537 bits per heavy atom. The number of esters is 4. The molecule has 0 aromatic heterocycles. The summed E-state index contributed by atoms with van der Waals surface area (Å²) < 4.78 is 68.5. The molecule has 17 nitrogen and oxygen atoms in total. The number of carbonyl (C=O) groups excluding carboxylic acids is 4. The molecule has 0 aromatic carbocycles. The Bertz CT molecular complexity index is 1840. The molecule has 3 N–H and O–H groups in total. The Morgan fingerprint density at radius 1 is 0.305 bits per heavy atom. The van der Waals surface area contributed by atoms with Gasteiger partial charge < -0.3 is 33.8 Å². The Labute approximate surface area is 581 Å². The van der Waals surface area contributed by atoms with E-state index in [2.05, 4.69) is 41.5 Å². The molecular weight excluding hydrogens is 1250 g/mol. The summed E-state index contributed by atoms with van der Waals surface area (Å²) in [7, 11) is -9.91. The van der Waals surface area contributed by atoms with Crippen LogP contribution in [0, 0.1) is 11.8 Å². The van der Waals surface area contributed by atoms with Gasteiger partial charge in [-0.3, -0.25) is 37.3 Å². The molecule has 3 unspecified atom stereocenters. The van der Waals surface area contributed by atoms with Crippen LogP contribution in [0.2, 0.25) is 0 Å². The first-order valence-electron chi connectivity index (χ1n) is 39.5.